The van der Waals surface area contributed by atoms with Crippen molar-refractivity contribution in [1.29, 1.82) is 0 Å². The second-order valence-electron chi connectivity index (χ2n) is 6.88. The van der Waals surface area contributed by atoms with Crippen molar-refractivity contribution in [2.24, 2.45) is 0 Å². The average molecular weight is 354 g/mol. The molecule has 3 heterocycles. The van der Waals surface area contributed by atoms with Crippen LogP contribution in [0.2, 0.25) is 0 Å². The maximum absolute atomic E-state index is 12.8. The molecule has 0 bridgehead atoms. The van der Waals surface area contributed by atoms with Crippen LogP contribution in [0.25, 0.3) is 11.3 Å². The fraction of sp³-hybridized carbons (Fsp3) is 0.400. The number of ether oxygens (including phenoxy) is 2. The van der Waals surface area contributed by atoms with E-state index in [-0.39, 0.29) is 17.0 Å². The first-order valence-corrected chi connectivity index (χ1v) is 8.94. The Labute approximate surface area is 151 Å². The molecule has 0 atom stereocenters. The van der Waals surface area contributed by atoms with Gasteiger partial charge in [-0.2, -0.15) is 0 Å². The number of benzene rings is 1. The quantitative estimate of drug-likeness (QED) is 0.898. The van der Waals surface area contributed by atoms with Crippen molar-refractivity contribution in [3.63, 3.8) is 0 Å². The van der Waals surface area contributed by atoms with Crippen LogP contribution in [-0.2, 0) is 9.47 Å². The van der Waals surface area contributed by atoms with Crippen LogP contribution in [0.4, 0.5) is 0 Å². The van der Waals surface area contributed by atoms with E-state index in [1.165, 1.54) is 0 Å². The number of nitrogens with one attached hydrogen (secondary N) is 1. The van der Waals surface area contributed by atoms with Crippen molar-refractivity contribution < 1.29 is 14.3 Å². The van der Waals surface area contributed by atoms with E-state index in [4.69, 9.17) is 9.47 Å². The molecule has 0 aliphatic carbocycles. The molecule has 2 aliphatic rings. The zero-order valence-electron chi connectivity index (χ0n) is 14.8. The van der Waals surface area contributed by atoms with Gasteiger partial charge < -0.3 is 19.4 Å². The van der Waals surface area contributed by atoms with Crippen LogP contribution in [0.3, 0.4) is 0 Å². The van der Waals surface area contributed by atoms with Gasteiger partial charge >= 0.3 is 0 Å². The molecule has 136 valence electrons. The molecule has 2 saturated heterocycles. The Morgan fingerprint density at radius 3 is 2.50 bits per heavy atom. The van der Waals surface area contributed by atoms with Gasteiger partial charge in [-0.1, -0.05) is 23.8 Å². The largest absolute Gasteiger partial charge is 0.347 e. The molecule has 0 unspecified atom stereocenters. The molecule has 2 aliphatic heterocycles. The smallest absolute Gasteiger partial charge is 0.261 e. The Hall–Kier alpha value is -2.44. The number of rotatable bonds is 2. The van der Waals surface area contributed by atoms with Gasteiger partial charge in [-0.15, -0.1) is 0 Å². The fourth-order valence-corrected chi connectivity index (χ4v) is 3.63. The molecule has 1 aromatic heterocycles. The number of carbonyl (C=O) groups is 1. The second-order valence-corrected chi connectivity index (χ2v) is 6.88. The summed E-state index contributed by atoms with van der Waals surface area (Å²) in [5, 5.41) is 0. The summed E-state index contributed by atoms with van der Waals surface area (Å²) in [7, 11) is 0. The minimum Gasteiger partial charge on any atom is -0.347 e. The van der Waals surface area contributed by atoms with Gasteiger partial charge in [0, 0.05) is 31.6 Å². The lowest BCUT2D eigenvalue weighted by atomic mass is 10.0. The molecule has 0 radical (unpaired) electrons. The molecule has 0 saturated carbocycles. The zero-order chi connectivity index (χ0) is 18.1. The number of aromatic amines is 1. The van der Waals surface area contributed by atoms with Crippen LogP contribution in [0.5, 0.6) is 0 Å². The maximum Gasteiger partial charge on any atom is 0.261 e. The normalized spacial score (nSPS) is 19.0. The first-order valence-electron chi connectivity index (χ1n) is 8.94. The number of hydrogen-bond acceptors (Lipinski definition) is 4. The van der Waals surface area contributed by atoms with Crippen molar-refractivity contribution in [1.82, 2.24) is 9.88 Å². The van der Waals surface area contributed by atoms with E-state index in [1.807, 2.05) is 31.2 Å². The summed E-state index contributed by atoms with van der Waals surface area (Å²) in [4.78, 5) is 29.8. The summed E-state index contributed by atoms with van der Waals surface area (Å²) >= 11 is 0. The molecule has 1 N–H and O–H groups in total. The number of hydrogen-bond donors (Lipinski definition) is 1. The molecule has 2 fully saturated rings. The Morgan fingerprint density at radius 2 is 1.85 bits per heavy atom. The monoisotopic (exact) mass is 354 g/mol. The molecule has 1 amide bonds. The number of amides is 1. The van der Waals surface area contributed by atoms with E-state index in [0.717, 1.165) is 11.1 Å². The number of piperidine rings is 1. The highest BCUT2D eigenvalue weighted by atomic mass is 16.7. The number of likely N-dealkylation sites (tertiary alicyclic amines) is 1. The summed E-state index contributed by atoms with van der Waals surface area (Å²) in [5.41, 5.74) is 2.56. The van der Waals surface area contributed by atoms with Crippen LogP contribution < -0.4 is 5.56 Å². The van der Waals surface area contributed by atoms with Crippen LogP contribution in [-0.4, -0.2) is 47.9 Å². The minimum absolute atomic E-state index is 0.172. The number of aromatic nitrogens is 1. The van der Waals surface area contributed by atoms with Crippen molar-refractivity contribution in [3.8, 4) is 11.3 Å². The molecular weight excluding hydrogens is 332 g/mol. The van der Waals surface area contributed by atoms with E-state index in [0.29, 0.717) is 44.8 Å². The van der Waals surface area contributed by atoms with Crippen LogP contribution >= 0.6 is 0 Å². The molecule has 2 aromatic rings. The fourth-order valence-electron chi connectivity index (χ4n) is 3.63. The number of nitrogens with zero attached hydrogens (tertiary/aromatic N) is 1. The summed E-state index contributed by atoms with van der Waals surface area (Å²) in [6.07, 6.45) is 1.27. The van der Waals surface area contributed by atoms with Gasteiger partial charge in [-0.05, 0) is 30.7 Å². The maximum atomic E-state index is 12.8. The number of carbonyl (C=O) groups excluding carboxylic acids is 1. The molecule has 1 spiro atoms. The van der Waals surface area contributed by atoms with Crippen LogP contribution in [0.1, 0.15) is 28.8 Å². The van der Waals surface area contributed by atoms with Gasteiger partial charge in [0.2, 0.25) is 0 Å². The van der Waals surface area contributed by atoms with Gasteiger partial charge in [-0.25, -0.2) is 0 Å². The van der Waals surface area contributed by atoms with E-state index in [2.05, 4.69) is 4.98 Å². The standard InChI is InChI=1S/C20H22N2O4/c1-14-3-2-4-15(13-14)17-6-5-16(18(23)21-17)19(24)22-9-7-20(8-10-22)25-11-12-26-20/h2-6,13H,7-12H2,1H3,(H,21,23). The zero-order valence-corrected chi connectivity index (χ0v) is 14.8. The van der Waals surface area contributed by atoms with Gasteiger partial charge in [0.15, 0.2) is 5.79 Å². The lowest BCUT2D eigenvalue weighted by molar-refractivity contribution is -0.181. The van der Waals surface area contributed by atoms with Crippen molar-refractivity contribution in [2.45, 2.75) is 25.6 Å². The van der Waals surface area contributed by atoms with Crippen molar-refractivity contribution >= 4 is 5.91 Å². The summed E-state index contributed by atoms with van der Waals surface area (Å²) < 4.78 is 11.4. The van der Waals surface area contributed by atoms with E-state index in [1.54, 1.807) is 17.0 Å². The van der Waals surface area contributed by atoms with Gasteiger partial charge in [0.05, 0.1) is 13.2 Å². The van der Waals surface area contributed by atoms with Crippen LogP contribution in [0.15, 0.2) is 41.2 Å². The Kier molecular flexibility index (Phi) is 4.38. The molecule has 4 rings (SSSR count). The molecule has 6 heteroatoms. The van der Waals surface area contributed by atoms with Gasteiger partial charge in [-0.3, -0.25) is 9.59 Å². The van der Waals surface area contributed by atoms with Gasteiger partial charge in [0.25, 0.3) is 11.5 Å². The third-order valence-electron chi connectivity index (χ3n) is 5.09. The molecule has 1 aromatic carbocycles. The summed E-state index contributed by atoms with van der Waals surface area (Å²) in [5.74, 6) is -0.770. The predicted molar refractivity (Wildman–Crippen MR) is 97.0 cm³/mol. The number of pyridine rings is 1. The topological polar surface area (TPSA) is 71.6 Å². The highest BCUT2D eigenvalue weighted by Crippen LogP contribution is 2.31. The van der Waals surface area contributed by atoms with E-state index in [9.17, 15) is 9.59 Å². The highest BCUT2D eigenvalue weighted by Gasteiger charge is 2.41. The third-order valence-corrected chi connectivity index (χ3v) is 5.09. The average Bonchev–Trinajstić information content (AvgIpc) is 3.10. The number of H-pyrrole nitrogens is 1. The van der Waals surface area contributed by atoms with E-state index < -0.39 is 5.79 Å². The summed E-state index contributed by atoms with van der Waals surface area (Å²) in [6.45, 7) is 4.26. The number of aryl methyl sites for hydroxylation is 1. The predicted octanol–water partition coefficient (Wildman–Crippen LogP) is 2.33. The summed E-state index contributed by atoms with van der Waals surface area (Å²) in [6, 6.07) is 11.3. The first-order chi connectivity index (χ1) is 12.6. The van der Waals surface area contributed by atoms with Crippen molar-refractivity contribution in [3.05, 3.63) is 57.9 Å². The first kappa shape index (κ1) is 17.0. The lowest BCUT2D eigenvalue weighted by Crippen LogP contribution is -2.48. The second kappa shape index (κ2) is 6.70. The molecule has 6 nitrogen and oxygen atoms in total. The lowest BCUT2D eigenvalue weighted by Gasteiger charge is -2.37. The SMILES string of the molecule is Cc1cccc(-c2ccc(C(=O)N3CCC4(CC3)OCCO4)c(=O)[nH]2)c1. The van der Waals surface area contributed by atoms with Gasteiger partial charge in [0.1, 0.15) is 5.56 Å². The molecule has 26 heavy (non-hydrogen) atoms. The van der Waals surface area contributed by atoms with E-state index >= 15 is 0 Å². The molecular formula is C20H22N2O4. The minimum atomic E-state index is -0.530. The van der Waals surface area contributed by atoms with Crippen molar-refractivity contribution in [2.75, 3.05) is 26.3 Å². The Balaban J connectivity index is 1.51. The van der Waals surface area contributed by atoms with Crippen LogP contribution in [0, 0.1) is 6.92 Å². The third kappa shape index (κ3) is 3.18. The Bertz CT molecular complexity index is 873. The highest BCUT2D eigenvalue weighted by molar-refractivity contribution is 5.94. The Morgan fingerprint density at radius 1 is 1.12 bits per heavy atom.